The van der Waals surface area contributed by atoms with Crippen LogP contribution in [-0.2, 0) is 9.53 Å². The van der Waals surface area contributed by atoms with E-state index in [0.29, 0.717) is 42.5 Å². The number of benzene rings is 3. The van der Waals surface area contributed by atoms with Crippen LogP contribution in [0.2, 0.25) is 0 Å². The number of esters is 1. The molecule has 0 saturated heterocycles. The average Bonchev–Trinajstić information content (AvgIpc) is 3.19. The number of likely N-dealkylation sites (N-methyl/N-ethyl adjacent to an activating group) is 1. The van der Waals surface area contributed by atoms with Gasteiger partial charge in [0.15, 0.2) is 0 Å². The molecule has 1 aliphatic rings. The molecule has 5 rings (SSSR count). The lowest BCUT2D eigenvalue weighted by Gasteiger charge is -2.27. The molecule has 0 aliphatic carbocycles. The predicted molar refractivity (Wildman–Crippen MR) is 147 cm³/mol. The molecule has 1 aliphatic heterocycles. The average molecular weight is 526 g/mol. The number of halogens is 1. The van der Waals surface area contributed by atoms with Crippen LogP contribution in [0.3, 0.4) is 0 Å². The molecule has 3 aromatic carbocycles. The van der Waals surface area contributed by atoms with Gasteiger partial charge in [0.05, 0.1) is 42.8 Å². The van der Waals surface area contributed by atoms with Crippen molar-refractivity contribution >= 4 is 29.1 Å². The summed E-state index contributed by atoms with van der Waals surface area (Å²) in [6.45, 7) is 0.969. The van der Waals surface area contributed by atoms with Gasteiger partial charge in [0.1, 0.15) is 17.4 Å². The van der Waals surface area contributed by atoms with Crippen molar-refractivity contribution in [2.75, 3.05) is 37.1 Å². The van der Waals surface area contributed by atoms with Crippen molar-refractivity contribution in [3.63, 3.8) is 0 Å². The summed E-state index contributed by atoms with van der Waals surface area (Å²) in [4.78, 5) is 34.8. The lowest BCUT2D eigenvalue weighted by molar-refractivity contribution is -0.118. The molecule has 1 aromatic heterocycles. The van der Waals surface area contributed by atoms with Gasteiger partial charge < -0.3 is 19.3 Å². The molecule has 4 aromatic rings. The zero-order chi connectivity index (χ0) is 27.4. The van der Waals surface area contributed by atoms with E-state index in [-0.39, 0.29) is 11.5 Å². The second-order valence-corrected chi connectivity index (χ2v) is 9.17. The number of hydrogen-bond acceptors (Lipinski definition) is 6. The molecule has 0 radical (unpaired) electrons. The van der Waals surface area contributed by atoms with Gasteiger partial charge in [-0.1, -0.05) is 60.7 Å². The molecule has 198 valence electrons. The lowest BCUT2D eigenvalue weighted by atomic mass is 9.90. The monoisotopic (exact) mass is 525 g/mol. The number of methoxy groups -OCH3 is 1. The van der Waals surface area contributed by atoms with Crippen molar-refractivity contribution in [3.05, 3.63) is 114 Å². The molecule has 0 fully saturated rings. The maximum atomic E-state index is 14.2. The maximum Gasteiger partial charge on any atom is 0.340 e. The topological polar surface area (TPSA) is 72.0 Å². The highest BCUT2D eigenvalue weighted by Gasteiger charge is 2.30. The molecule has 0 bridgehead atoms. The first kappa shape index (κ1) is 25.9. The normalized spacial score (nSPS) is 12.8. The van der Waals surface area contributed by atoms with Gasteiger partial charge in [-0.25, -0.2) is 14.2 Å². The summed E-state index contributed by atoms with van der Waals surface area (Å²) in [5.41, 5.74) is 2.64. The molecule has 0 N–H and O–H groups in total. The number of anilines is 3. The van der Waals surface area contributed by atoms with Crippen LogP contribution in [0.1, 0.15) is 33.8 Å². The van der Waals surface area contributed by atoms with Crippen molar-refractivity contribution in [1.29, 1.82) is 0 Å². The number of nitrogens with zero attached hydrogens (tertiary/aromatic N) is 3. The highest BCUT2D eigenvalue weighted by molar-refractivity contribution is 6.05. The van der Waals surface area contributed by atoms with E-state index in [0.717, 1.165) is 11.1 Å². The van der Waals surface area contributed by atoms with E-state index in [1.165, 1.54) is 30.3 Å². The zero-order valence-corrected chi connectivity index (χ0v) is 21.7. The zero-order valence-electron chi connectivity index (χ0n) is 21.7. The number of pyridine rings is 1. The molecule has 7 nitrogen and oxygen atoms in total. The Morgan fingerprint density at radius 3 is 2.31 bits per heavy atom. The van der Waals surface area contributed by atoms with E-state index in [1.807, 2.05) is 60.7 Å². The van der Waals surface area contributed by atoms with Gasteiger partial charge in [-0.2, -0.15) is 0 Å². The summed E-state index contributed by atoms with van der Waals surface area (Å²) in [6.07, 6.45) is 2.15. The smallest absolute Gasteiger partial charge is 0.340 e. The van der Waals surface area contributed by atoms with Crippen LogP contribution in [0.4, 0.5) is 21.6 Å². The number of rotatable bonds is 6. The minimum atomic E-state index is -0.616. The van der Waals surface area contributed by atoms with Gasteiger partial charge in [-0.15, -0.1) is 0 Å². The summed E-state index contributed by atoms with van der Waals surface area (Å²) < 4.78 is 25.0. The van der Waals surface area contributed by atoms with Crippen molar-refractivity contribution in [2.45, 2.75) is 12.3 Å². The van der Waals surface area contributed by atoms with Gasteiger partial charge in [0.2, 0.25) is 5.91 Å². The Balaban J connectivity index is 1.56. The van der Waals surface area contributed by atoms with E-state index in [9.17, 15) is 14.0 Å². The highest BCUT2D eigenvalue weighted by atomic mass is 19.1. The Morgan fingerprint density at radius 1 is 1.00 bits per heavy atom. The number of hydrogen-bond donors (Lipinski definition) is 0. The molecule has 1 amide bonds. The number of carbonyl (C=O) groups excluding carboxylic acids is 2. The van der Waals surface area contributed by atoms with E-state index >= 15 is 0 Å². The highest BCUT2D eigenvalue weighted by Crippen LogP contribution is 2.38. The maximum absolute atomic E-state index is 14.2. The number of fused-ring (bicyclic) bond motifs is 1. The fourth-order valence-corrected chi connectivity index (χ4v) is 4.79. The fourth-order valence-electron chi connectivity index (χ4n) is 4.79. The van der Waals surface area contributed by atoms with E-state index < -0.39 is 17.7 Å². The van der Waals surface area contributed by atoms with Crippen molar-refractivity contribution in [1.82, 2.24) is 4.98 Å². The molecular formula is C31H28FN3O4. The minimum Gasteiger partial charge on any atom is -0.491 e. The quantitative estimate of drug-likeness (QED) is 0.300. The second-order valence-electron chi connectivity index (χ2n) is 9.17. The third-order valence-electron chi connectivity index (χ3n) is 6.75. The summed E-state index contributed by atoms with van der Waals surface area (Å²) in [6, 6.07) is 24.9. The SMILES string of the molecule is COC(=O)c1cc(N2CCCOc3ccc(F)cc32)ncc1N(C)C(=O)C(c1ccccc1)c1ccccc1. The summed E-state index contributed by atoms with van der Waals surface area (Å²) in [5.74, 6) is -0.912. The van der Waals surface area contributed by atoms with Gasteiger partial charge in [-0.05, 0) is 35.7 Å². The largest absolute Gasteiger partial charge is 0.491 e. The van der Waals surface area contributed by atoms with E-state index in [2.05, 4.69) is 4.98 Å². The molecule has 0 atom stereocenters. The van der Waals surface area contributed by atoms with E-state index in [4.69, 9.17) is 9.47 Å². The molecule has 2 heterocycles. The first-order valence-electron chi connectivity index (χ1n) is 12.6. The number of aromatic nitrogens is 1. The molecule has 0 spiro atoms. The Bertz CT molecular complexity index is 1440. The fraction of sp³-hybridized carbons (Fsp3) is 0.194. The van der Waals surface area contributed by atoms with E-state index in [1.54, 1.807) is 24.1 Å². The van der Waals surface area contributed by atoms with Crippen LogP contribution < -0.4 is 14.5 Å². The van der Waals surface area contributed by atoms with Crippen LogP contribution in [0.5, 0.6) is 5.75 Å². The van der Waals surface area contributed by atoms with Crippen LogP contribution in [0.15, 0.2) is 91.1 Å². The van der Waals surface area contributed by atoms with Gasteiger partial charge in [-0.3, -0.25) is 4.79 Å². The Labute approximate surface area is 226 Å². The van der Waals surface area contributed by atoms with Gasteiger partial charge in [0.25, 0.3) is 0 Å². The molecule has 39 heavy (non-hydrogen) atoms. The molecular weight excluding hydrogens is 497 g/mol. The summed E-state index contributed by atoms with van der Waals surface area (Å²) in [7, 11) is 2.91. The Morgan fingerprint density at radius 2 is 1.67 bits per heavy atom. The summed E-state index contributed by atoms with van der Waals surface area (Å²) >= 11 is 0. The van der Waals surface area contributed by atoms with Crippen molar-refractivity contribution < 1.29 is 23.5 Å². The number of carbonyl (C=O) groups is 2. The molecule has 0 unspecified atom stereocenters. The lowest BCUT2D eigenvalue weighted by Crippen LogP contribution is -2.34. The van der Waals surface area contributed by atoms with Crippen LogP contribution in [0.25, 0.3) is 0 Å². The standard InChI is InChI=1S/C31H28FN3O4/c1-34(30(36)29(21-10-5-3-6-11-21)22-12-7-4-8-13-22)26-20-33-28(19-24(26)31(37)38-2)35-16-9-17-39-27-15-14-23(32)18-25(27)35/h3-8,10-15,18-20,29H,9,16-17H2,1-2H3. The number of amides is 1. The van der Waals surface area contributed by atoms with Crippen LogP contribution >= 0.6 is 0 Å². The first-order chi connectivity index (χ1) is 19.0. The third kappa shape index (κ3) is 5.31. The van der Waals surface area contributed by atoms with Crippen LogP contribution in [0, 0.1) is 5.82 Å². The molecule has 0 saturated carbocycles. The number of ether oxygens (including phenoxy) is 2. The first-order valence-corrected chi connectivity index (χ1v) is 12.6. The van der Waals surface area contributed by atoms with Crippen LogP contribution in [-0.4, -0.2) is 44.2 Å². The minimum absolute atomic E-state index is 0.168. The summed E-state index contributed by atoms with van der Waals surface area (Å²) in [5, 5.41) is 0. The Hall–Kier alpha value is -4.72. The Kier molecular flexibility index (Phi) is 7.54. The molecule has 8 heteroatoms. The second kappa shape index (κ2) is 11.3. The van der Waals surface area contributed by atoms with Crippen molar-refractivity contribution in [2.24, 2.45) is 0 Å². The van der Waals surface area contributed by atoms with Gasteiger partial charge in [0, 0.05) is 19.7 Å². The van der Waals surface area contributed by atoms with Gasteiger partial charge >= 0.3 is 5.97 Å². The third-order valence-corrected chi connectivity index (χ3v) is 6.75. The van der Waals surface area contributed by atoms with Crippen molar-refractivity contribution in [3.8, 4) is 5.75 Å². The predicted octanol–water partition coefficient (Wildman–Crippen LogP) is 5.72.